The molecule has 98 valence electrons. The molecule has 1 fully saturated rings. The summed E-state index contributed by atoms with van der Waals surface area (Å²) in [5, 5.41) is 0. The van der Waals surface area contributed by atoms with Crippen molar-refractivity contribution in [1.82, 2.24) is 4.90 Å². The van der Waals surface area contributed by atoms with Gasteiger partial charge in [0, 0.05) is 13.1 Å². The molecule has 0 saturated carbocycles. The van der Waals surface area contributed by atoms with Crippen LogP contribution < -0.4 is 0 Å². The number of hydrogen-bond donors (Lipinski definition) is 0. The van der Waals surface area contributed by atoms with Crippen molar-refractivity contribution in [3.63, 3.8) is 0 Å². The highest BCUT2D eigenvalue weighted by atomic mass is 15.2. The molecule has 0 amide bonds. The van der Waals surface area contributed by atoms with Crippen molar-refractivity contribution in [2.24, 2.45) is 5.92 Å². The van der Waals surface area contributed by atoms with Gasteiger partial charge in [-0.3, -0.25) is 0 Å². The molecule has 0 aliphatic carbocycles. The van der Waals surface area contributed by atoms with Crippen LogP contribution in [0.4, 0.5) is 0 Å². The van der Waals surface area contributed by atoms with E-state index in [1.54, 1.807) is 0 Å². The fourth-order valence-electron chi connectivity index (χ4n) is 2.58. The summed E-state index contributed by atoms with van der Waals surface area (Å²) >= 11 is 0. The lowest BCUT2D eigenvalue weighted by molar-refractivity contribution is 0.0967. The Labute approximate surface area is 112 Å². The van der Waals surface area contributed by atoms with Gasteiger partial charge in [0.15, 0.2) is 0 Å². The predicted octanol–water partition coefficient (Wildman–Crippen LogP) is 3.99. The second-order valence-electron chi connectivity index (χ2n) is 5.61. The Bertz CT molecular complexity index is 385. The molecular weight excluding hydrogens is 218 g/mol. The summed E-state index contributed by atoms with van der Waals surface area (Å²) in [4.78, 5) is 2.58. The number of aryl methyl sites for hydroxylation is 1. The van der Waals surface area contributed by atoms with Crippen LogP contribution in [-0.2, 0) is 6.42 Å². The lowest BCUT2D eigenvalue weighted by Crippen LogP contribution is -2.46. The number of nitrogens with zero attached hydrogens (tertiary/aromatic N) is 1. The minimum absolute atomic E-state index is 0.972. The largest absolute Gasteiger partial charge is 0.303 e. The second kappa shape index (κ2) is 6.19. The first-order chi connectivity index (χ1) is 8.69. The molecule has 1 saturated heterocycles. The highest BCUT2D eigenvalue weighted by Gasteiger charge is 2.23. The smallest absolute Gasteiger partial charge is 0.00219 e. The first kappa shape index (κ1) is 13.4. The van der Waals surface area contributed by atoms with Gasteiger partial charge >= 0.3 is 0 Å². The van der Waals surface area contributed by atoms with E-state index < -0.39 is 0 Å². The normalized spacial score (nSPS) is 16.6. The van der Waals surface area contributed by atoms with Gasteiger partial charge in [-0.05, 0) is 43.4 Å². The third-order valence-corrected chi connectivity index (χ3v) is 4.00. The van der Waals surface area contributed by atoms with Gasteiger partial charge in [-0.2, -0.15) is 0 Å². The van der Waals surface area contributed by atoms with Gasteiger partial charge in [-0.1, -0.05) is 49.8 Å². The van der Waals surface area contributed by atoms with E-state index in [-0.39, 0.29) is 0 Å². The SMILES string of the molecule is C=C(C)c1ccc(CCCN2CC(CC)C2)cc1. The van der Waals surface area contributed by atoms with E-state index in [1.165, 1.54) is 50.0 Å². The monoisotopic (exact) mass is 243 g/mol. The van der Waals surface area contributed by atoms with Crippen LogP contribution in [0.2, 0.25) is 0 Å². The van der Waals surface area contributed by atoms with E-state index in [9.17, 15) is 0 Å². The zero-order chi connectivity index (χ0) is 13.0. The van der Waals surface area contributed by atoms with Crippen LogP contribution in [0.5, 0.6) is 0 Å². The molecule has 2 rings (SSSR count). The maximum absolute atomic E-state index is 3.97. The Morgan fingerprint density at radius 3 is 2.50 bits per heavy atom. The molecule has 0 radical (unpaired) electrons. The molecule has 0 unspecified atom stereocenters. The minimum Gasteiger partial charge on any atom is -0.303 e. The minimum atomic E-state index is 0.972. The van der Waals surface area contributed by atoms with Gasteiger partial charge in [0.05, 0.1) is 0 Å². The van der Waals surface area contributed by atoms with Gasteiger partial charge < -0.3 is 4.90 Å². The van der Waals surface area contributed by atoms with Gasteiger partial charge in [0.1, 0.15) is 0 Å². The standard InChI is InChI=1S/C17H25N/c1-4-15-12-18(13-15)11-5-6-16-7-9-17(10-8-16)14(2)3/h7-10,15H,2,4-6,11-13H2,1,3H3. The van der Waals surface area contributed by atoms with Gasteiger partial charge in [-0.15, -0.1) is 0 Å². The maximum atomic E-state index is 3.97. The van der Waals surface area contributed by atoms with Crippen LogP contribution in [0.3, 0.4) is 0 Å². The van der Waals surface area contributed by atoms with Crippen molar-refractivity contribution < 1.29 is 0 Å². The first-order valence-corrected chi connectivity index (χ1v) is 7.16. The average Bonchev–Trinajstić information content (AvgIpc) is 2.32. The summed E-state index contributed by atoms with van der Waals surface area (Å²) in [7, 11) is 0. The molecular formula is C17H25N. The highest BCUT2D eigenvalue weighted by Crippen LogP contribution is 2.19. The molecule has 1 heterocycles. The molecule has 1 nitrogen and oxygen atoms in total. The summed E-state index contributed by atoms with van der Waals surface area (Å²) in [6.07, 6.45) is 3.82. The summed E-state index contributed by atoms with van der Waals surface area (Å²) in [5.74, 6) is 0.972. The molecule has 1 aromatic carbocycles. The Kier molecular flexibility index (Phi) is 4.60. The van der Waals surface area contributed by atoms with Crippen molar-refractivity contribution in [1.29, 1.82) is 0 Å². The molecule has 0 bridgehead atoms. The number of allylic oxidation sites excluding steroid dienone is 1. The van der Waals surface area contributed by atoms with Crippen molar-refractivity contribution in [2.45, 2.75) is 33.1 Å². The molecule has 0 aromatic heterocycles. The third kappa shape index (κ3) is 3.46. The number of likely N-dealkylation sites (tertiary alicyclic amines) is 1. The van der Waals surface area contributed by atoms with E-state index in [2.05, 4.69) is 49.6 Å². The molecule has 0 N–H and O–H groups in total. The van der Waals surface area contributed by atoms with E-state index in [0.29, 0.717) is 0 Å². The fourth-order valence-corrected chi connectivity index (χ4v) is 2.58. The van der Waals surface area contributed by atoms with E-state index in [4.69, 9.17) is 0 Å². The molecule has 1 aliphatic heterocycles. The zero-order valence-electron chi connectivity index (χ0n) is 11.8. The Hall–Kier alpha value is -1.08. The predicted molar refractivity (Wildman–Crippen MR) is 79.7 cm³/mol. The average molecular weight is 243 g/mol. The summed E-state index contributed by atoms with van der Waals surface area (Å²) < 4.78 is 0. The number of rotatable bonds is 6. The van der Waals surface area contributed by atoms with E-state index in [0.717, 1.165) is 11.5 Å². The van der Waals surface area contributed by atoms with E-state index in [1.807, 2.05) is 0 Å². The van der Waals surface area contributed by atoms with Crippen molar-refractivity contribution in [2.75, 3.05) is 19.6 Å². The van der Waals surface area contributed by atoms with Crippen LogP contribution in [0.1, 0.15) is 37.8 Å². The molecule has 1 aliphatic rings. The Morgan fingerprint density at radius 1 is 1.28 bits per heavy atom. The van der Waals surface area contributed by atoms with Crippen LogP contribution in [0, 0.1) is 5.92 Å². The topological polar surface area (TPSA) is 3.24 Å². The quantitative estimate of drug-likeness (QED) is 0.730. The summed E-state index contributed by atoms with van der Waals surface area (Å²) in [6.45, 7) is 12.2. The summed E-state index contributed by atoms with van der Waals surface area (Å²) in [6, 6.07) is 8.87. The van der Waals surface area contributed by atoms with Crippen LogP contribution >= 0.6 is 0 Å². The third-order valence-electron chi connectivity index (χ3n) is 4.00. The van der Waals surface area contributed by atoms with Gasteiger partial charge in [0.25, 0.3) is 0 Å². The molecule has 0 atom stereocenters. The first-order valence-electron chi connectivity index (χ1n) is 7.16. The molecule has 0 spiro atoms. The lowest BCUT2D eigenvalue weighted by atomic mass is 9.96. The number of hydrogen-bond acceptors (Lipinski definition) is 1. The van der Waals surface area contributed by atoms with E-state index >= 15 is 0 Å². The summed E-state index contributed by atoms with van der Waals surface area (Å²) in [5.41, 5.74) is 3.85. The number of benzene rings is 1. The van der Waals surface area contributed by atoms with Crippen molar-refractivity contribution >= 4 is 5.57 Å². The molecule has 1 heteroatoms. The van der Waals surface area contributed by atoms with Crippen molar-refractivity contribution in [3.8, 4) is 0 Å². The van der Waals surface area contributed by atoms with Gasteiger partial charge in [-0.25, -0.2) is 0 Å². The fraction of sp³-hybridized carbons (Fsp3) is 0.529. The maximum Gasteiger partial charge on any atom is 0.00219 e. The Morgan fingerprint density at radius 2 is 1.94 bits per heavy atom. The second-order valence-corrected chi connectivity index (χ2v) is 5.61. The van der Waals surface area contributed by atoms with Gasteiger partial charge in [0.2, 0.25) is 0 Å². The van der Waals surface area contributed by atoms with Crippen molar-refractivity contribution in [3.05, 3.63) is 42.0 Å². The van der Waals surface area contributed by atoms with Crippen LogP contribution in [-0.4, -0.2) is 24.5 Å². The lowest BCUT2D eigenvalue weighted by Gasteiger charge is -2.38. The van der Waals surface area contributed by atoms with Crippen LogP contribution in [0.25, 0.3) is 5.57 Å². The highest BCUT2D eigenvalue weighted by molar-refractivity contribution is 5.61. The zero-order valence-corrected chi connectivity index (χ0v) is 11.8. The van der Waals surface area contributed by atoms with Crippen LogP contribution in [0.15, 0.2) is 30.8 Å². The molecule has 1 aromatic rings. The molecule has 18 heavy (non-hydrogen) atoms. The Balaban J connectivity index is 1.69.